The second kappa shape index (κ2) is 9.66. The van der Waals surface area contributed by atoms with Gasteiger partial charge in [0.25, 0.3) is 0 Å². The van der Waals surface area contributed by atoms with Crippen molar-refractivity contribution in [1.82, 2.24) is 4.90 Å². The first-order valence-electron chi connectivity index (χ1n) is 10.2. The maximum absolute atomic E-state index is 13.3. The van der Waals surface area contributed by atoms with Crippen LogP contribution in [0.15, 0.2) is 70.1 Å². The predicted octanol–water partition coefficient (Wildman–Crippen LogP) is 3.69. The Bertz CT molecular complexity index is 1060. The van der Waals surface area contributed by atoms with Gasteiger partial charge in [0.2, 0.25) is 11.2 Å². The molecule has 2 aromatic carbocycles. The Morgan fingerprint density at radius 3 is 2.48 bits per heavy atom. The lowest BCUT2D eigenvalue weighted by Gasteiger charge is -2.35. The van der Waals surface area contributed by atoms with Gasteiger partial charge in [0, 0.05) is 37.9 Å². The molecule has 1 fully saturated rings. The van der Waals surface area contributed by atoms with Gasteiger partial charge in [-0.2, -0.15) is 0 Å². The van der Waals surface area contributed by atoms with Crippen LogP contribution in [0.25, 0.3) is 0 Å². The van der Waals surface area contributed by atoms with Gasteiger partial charge in [0.05, 0.1) is 13.7 Å². The van der Waals surface area contributed by atoms with Crippen LogP contribution >= 0.6 is 0 Å². The van der Waals surface area contributed by atoms with E-state index in [-0.39, 0.29) is 23.6 Å². The van der Waals surface area contributed by atoms with E-state index in [1.54, 1.807) is 19.2 Å². The van der Waals surface area contributed by atoms with E-state index in [4.69, 9.17) is 13.9 Å². The average molecular weight is 424 g/mol. The highest BCUT2D eigenvalue weighted by Gasteiger charge is 2.18. The summed E-state index contributed by atoms with van der Waals surface area (Å²) in [6.07, 6.45) is 1.34. The van der Waals surface area contributed by atoms with Gasteiger partial charge in [-0.05, 0) is 42.0 Å². The number of hydrogen-bond acceptors (Lipinski definition) is 6. The molecule has 4 rings (SSSR count). The summed E-state index contributed by atoms with van der Waals surface area (Å²) in [5, 5.41) is 0. The van der Waals surface area contributed by atoms with E-state index in [1.807, 2.05) is 12.1 Å². The first kappa shape index (κ1) is 20.9. The van der Waals surface area contributed by atoms with Gasteiger partial charge in [-0.1, -0.05) is 12.1 Å². The van der Waals surface area contributed by atoms with Gasteiger partial charge < -0.3 is 18.8 Å². The highest BCUT2D eigenvalue weighted by atomic mass is 19.1. The number of nitrogens with zero attached hydrogens (tertiary/aromatic N) is 2. The smallest absolute Gasteiger partial charge is 0.227 e. The van der Waals surface area contributed by atoms with Crippen LogP contribution in [0.5, 0.6) is 11.5 Å². The van der Waals surface area contributed by atoms with E-state index >= 15 is 0 Å². The lowest BCUT2D eigenvalue weighted by Crippen LogP contribution is -2.46. The lowest BCUT2D eigenvalue weighted by atomic mass is 10.2. The van der Waals surface area contributed by atoms with E-state index in [1.165, 1.54) is 30.1 Å². The summed E-state index contributed by atoms with van der Waals surface area (Å²) in [6, 6.07) is 15.6. The highest BCUT2D eigenvalue weighted by molar-refractivity contribution is 5.49. The van der Waals surface area contributed by atoms with Gasteiger partial charge in [0.15, 0.2) is 0 Å². The molecule has 2 heterocycles. The molecule has 0 unspecified atom stereocenters. The van der Waals surface area contributed by atoms with Crippen LogP contribution in [0.4, 0.5) is 10.1 Å². The summed E-state index contributed by atoms with van der Waals surface area (Å²) in [4.78, 5) is 16.9. The topological polar surface area (TPSA) is 55.2 Å². The minimum absolute atomic E-state index is 0.106. The Kier molecular flexibility index (Phi) is 6.52. The molecule has 7 heteroatoms. The number of benzene rings is 2. The molecule has 0 atom stereocenters. The molecular weight excluding hydrogens is 399 g/mol. The standard InChI is InChI=1S/C24H25FN2O4/c1-29-21-7-5-20(6-8-21)27-11-9-26(10-12-27)15-22-14-23(28)24(17-30-22)31-16-18-3-2-4-19(25)13-18/h2-8,13-14,17H,9-12,15-16H2,1H3. The number of hydrogen-bond donors (Lipinski definition) is 0. The van der Waals surface area contributed by atoms with Crippen LogP contribution in [0.3, 0.4) is 0 Å². The van der Waals surface area contributed by atoms with E-state index < -0.39 is 0 Å². The average Bonchev–Trinajstić information content (AvgIpc) is 2.79. The molecule has 0 bridgehead atoms. The number of ether oxygens (including phenoxy) is 2. The summed E-state index contributed by atoms with van der Waals surface area (Å²) >= 11 is 0. The Labute approximate surface area is 180 Å². The Balaban J connectivity index is 1.29. The Morgan fingerprint density at radius 2 is 1.81 bits per heavy atom. The van der Waals surface area contributed by atoms with Gasteiger partial charge >= 0.3 is 0 Å². The minimum atomic E-state index is -0.337. The normalized spacial score (nSPS) is 14.5. The summed E-state index contributed by atoms with van der Waals surface area (Å²) in [5.41, 5.74) is 1.58. The molecule has 0 spiro atoms. The van der Waals surface area contributed by atoms with E-state index in [0.717, 1.165) is 31.9 Å². The summed E-state index contributed by atoms with van der Waals surface area (Å²) in [6.45, 7) is 4.20. The molecule has 1 aliphatic rings. The lowest BCUT2D eigenvalue weighted by molar-refractivity contribution is 0.224. The molecule has 0 radical (unpaired) electrons. The van der Waals surface area contributed by atoms with E-state index in [9.17, 15) is 9.18 Å². The third kappa shape index (κ3) is 5.44. The zero-order valence-electron chi connectivity index (χ0n) is 17.4. The number of methoxy groups -OCH3 is 1. The van der Waals surface area contributed by atoms with Crippen molar-refractivity contribution in [2.45, 2.75) is 13.2 Å². The fraction of sp³-hybridized carbons (Fsp3) is 0.292. The van der Waals surface area contributed by atoms with Gasteiger partial charge in [-0.3, -0.25) is 9.69 Å². The molecule has 0 aliphatic carbocycles. The van der Waals surface area contributed by atoms with Crippen molar-refractivity contribution in [1.29, 1.82) is 0 Å². The SMILES string of the molecule is COc1ccc(N2CCN(Cc3cc(=O)c(OCc4cccc(F)c4)co3)CC2)cc1. The molecule has 162 valence electrons. The predicted molar refractivity (Wildman–Crippen MR) is 116 cm³/mol. The quantitative estimate of drug-likeness (QED) is 0.577. The van der Waals surface area contributed by atoms with Crippen LogP contribution in [0.2, 0.25) is 0 Å². The van der Waals surface area contributed by atoms with Gasteiger partial charge in [-0.15, -0.1) is 0 Å². The molecule has 6 nitrogen and oxygen atoms in total. The third-order valence-corrected chi connectivity index (χ3v) is 5.32. The molecule has 0 amide bonds. The first-order valence-corrected chi connectivity index (χ1v) is 10.2. The van der Waals surface area contributed by atoms with Crippen molar-refractivity contribution in [2.75, 3.05) is 38.2 Å². The molecule has 1 saturated heterocycles. The zero-order valence-corrected chi connectivity index (χ0v) is 17.4. The minimum Gasteiger partial charge on any atom is -0.497 e. The van der Waals surface area contributed by atoms with Crippen molar-refractivity contribution in [3.63, 3.8) is 0 Å². The van der Waals surface area contributed by atoms with Crippen LogP contribution in [0.1, 0.15) is 11.3 Å². The highest BCUT2D eigenvalue weighted by Crippen LogP contribution is 2.21. The van der Waals surface area contributed by atoms with Crippen LogP contribution < -0.4 is 19.8 Å². The molecule has 3 aromatic rings. The second-order valence-electron chi connectivity index (χ2n) is 7.45. The monoisotopic (exact) mass is 424 g/mol. The van der Waals surface area contributed by atoms with Crippen LogP contribution in [-0.2, 0) is 13.2 Å². The molecule has 0 saturated carbocycles. The Morgan fingerprint density at radius 1 is 1.03 bits per heavy atom. The number of anilines is 1. The molecule has 0 N–H and O–H groups in total. The molecule has 1 aromatic heterocycles. The maximum atomic E-state index is 13.3. The van der Waals surface area contributed by atoms with Crippen molar-refractivity contribution >= 4 is 5.69 Å². The second-order valence-corrected chi connectivity index (χ2v) is 7.45. The van der Waals surface area contributed by atoms with Crippen molar-refractivity contribution in [2.24, 2.45) is 0 Å². The largest absolute Gasteiger partial charge is 0.497 e. The Hall–Kier alpha value is -3.32. The van der Waals surface area contributed by atoms with Crippen LogP contribution in [0, 0.1) is 5.82 Å². The van der Waals surface area contributed by atoms with Gasteiger partial charge in [-0.25, -0.2) is 4.39 Å². The molecule has 1 aliphatic heterocycles. The first-order chi connectivity index (χ1) is 15.1. The van der Waals surface area contributed by atoms with E-state index in [2.05, 4.69) is 21.9 Å². The number of piperazine rings is 1. The van der Waals surface area contributed by atoms with Crippen LogP contribution in [-0.4, -0.2) is 38.2 Å². The van der Waals surface area contributed by atoms with Gasteiger partial charge in [0.1, 0.15) is 30.2 Å². The van der Waals surface area contributed by atoms with Crippen molar-refractivity contribution in [3.8, 4) is 11.5 Å². The molecular formula is C24H25FN2O4. The number of rotatable bonds is 7. The summed E-state index contributed by atoms with van der Waals surface area (Å²) in [5.74, 6) is 1.23. The zero-order chi connectivity index (χ0) is 21.6. The molecule has 31 heavy (non-hydrogen) atoms. The fourth-order valence-corrected chi connectivity index (χ4v) is 3.59. The summed E-state index contributed by atoms with van der Waals surface area (Å²) in [7, 11) is 1.66. The maximum Gasteiger partial charge on any atom is 0.227 e. The number of halogens is 1. The van der Waals surface area contributed by atoms with E-state index in [0.29, 0.717) is 17.9 Å². The van der Waals surface area contributed by atoms with Crippen molar-refractivity contribution in [3.05, 3.63) is 88.2 Å². The van der Waals surface area contributed by atoms with Crippen molar-refractivity contribution < 1.29 is 18.3 Å². The summed E-state index contributed by atoms with van der Waals surface area (Å²) < 4.78 is 29.6. The third-order valence-electron chi connectivity index (χ3n) is 5.32. The fourth-order valence-electron chi connectivity index (χ4n) is 3.59.